The van der Waals surface area contributed by atoms with Crippen molar-refractivity contribution in [3.05, 3.63) is 0 Å². The molecule has 0 spiro atoms. The number of ether oxygens (including phenoxy) is 2. The molecule has 98 valence electrons. The van der Waals surface area contributed by atoms with E-state index in [0.717, 1.165) is 0 Å². The van der Waals surface area contributed by atoms with E-state index in [1.54, 1.807) is 4.90 Å². The number of carbonyl (C=O) groups is 2. The molecule has 3 unspecified atom stereocenters. The van der Waals surface area contributed by atoms with E-state index in [4.69, 9.17) is 11.2 Å². The summed E-state index contributed by atoms with van der Waals surface area (Å²) in [5, 5.41) is 3.09. The van der Waals surface area contributed by atoms with Crippen LogP contribution in [0.3, 0.4) is 0 Å². The van der Waals surface area contributed by atoms with Crippen molar-refractivity contribution in [3.63, 3.8) is 0 Å². The van der Waals surface area contributed by atoms with Crippen molar-refractivity contribution in [2.24, 2.45) is 5.92 Å². The first-order valence-corrected chi connectivity index (χ1v) is 5.87. The number of nitrogens with zero attached hydrogens (tertiary/aromatic N) is 1. The minimum Gasteiger partial charge on any atom is -0.468 e. The van der Waals surface area contributed by atoms with Crippen LogP contribution in [0.25, 0.3) is 0 Å². The maximum atomic E-state index is 12.3. The van der Waals surface area contributed by atoms with E-state index < -0.39 is 17.9 Å². The van der Waals surface area contributed by atoms with Gasteiger partial charge < -0.3 is 14.4 Å². The third kappa shape index (κ3) is 2.19. The molecule has 0 aliphatic carbocycles. The number of esters is 1. The summed E-state index contributed by atoms with van der Waals surface area (Å²) in [6.45, 7) is 1.53. The third-order valence-corrected chi connectivity index (χ3v) is 3.28. The lowest BCUT2D eigenvalue weighted by atomic mass is 9.94. The van der Waals surface area contributed by atoms with Gasteiger partial charge in [-0.05, 0) is 0 Å². The molecular formula is C12H16N2O4. The van der Waals surface area contributed by atoms with Crippen LogP contribution < -0.4 is 5.32 Å². The van der Waals surface area contributed by atoms with E-state index in [1.807, 2.05) is 0 Å². The van der Waals surface area contributed by atoms with Gasteiger partial charge in [-0.1, -0.05) is 5.92 Å². The lowest BCUT2D eigenvalue weighted by Crippen LogP contribution is -2.65. The molecule has 0 saturated carbocycles. The van der Waals surface area contributed by atoms with Crippen LogP contribution >= 0.6 is 0 Å². The fourth-order valence-corrected chi connectivity index (χ4v) is 2.33. The number of hydrogen-bond donors (Lipinski definition) is 1. The largest absolute Gasteiger partial charge is 0.468 e. The van der Waals surface area contributed by atoms with Crippen molar-refractivity contribution < 1.29 is 19.1 Å². The minimum atomic E-state index is -0.813. The number of methoxy groups -OCH3 is 1. The zero-order valence-corrected chi connectivity index (χ0v) is 10.2. The molecule has 0 aromatic carbocycles. The third-order valence-electron chi connectivity index (χ3n) is 3.28. The molecule has 0 radical (unpaired) electrons. The van der Waals surface area contributed by atoms with Crippen LogP contribution in [0.1, 0.15) is 6.42 Å². The van der Waals surface area contributed by atoms with Crippen molar-refractivity contribution in [1.82, 2.24) is 10.2 Å². The second-order valence-electron chi connectivity index (χ2n) is 4.26. The fraction of sp³-hybridized carbons (Fsp3) is 0.667. The molecule has 6 nitrogen and oxygen atoms in total. The van der Waals surface area contributed by atoms with Crippen molar-refractivity contribution in [1.29, 1.82) is 0 Å². The number of rotatable bonds is 1. The molecule has 2 aliphatic heterocycles. The van der Waals surface area contributed by atoms with Crippen LogP contribution in [0.4, 0.5) is 0 Å². The van der Waals surface area contributed by atoms with E-state index in [1.165, 1.54) is 7.11 Å². The predicted molar refractivity (Wildman–Crippen MR) is 62.2 cm³/mol. The summed E-state index contributed by atoms with van der Waals surface area (Å²) < 4.78 is 10.0. The van der Waals surface area contributed by atoms with E-state index in [-0.39, 0.29) is 12.1 Å². The molecule has 2 heterocycles. The Bertz CT molecular complexity index is 390. The molecule has 2 rings (SSSR count). The maximum Gasteiger partial charge on any atom is 0.324 e. The molecular weight excluding hydrogens is 236 g/mol. The lowest BCUT2D eigenvalue weighted by Gasteiger charge is -2.40. The topological polar surface area (TPSA) is 67.9 Å². The fourth-order valence-electron chi connectivity index (χ4n) is 2.33. The van der Waals surface area contributed by atoms with E-state index >= 15 is 0 Å². The monoisotopic (exact) mass is 252 g/mol. The van der Waals surface area contributed by atoms with Gasteiger partial charge in [0, 0.05) is 19.6 Å². The van der Waals surface area contributed by atoms with Gasteiger partial charge in [0.25, 0.3) is 0 Å². The SMILES string of the molecule is C#CC1C(=O)N2CCOCCC2NC1C(=O)OC. The smallest absolute Gasteiger partial charge is 0.324 e. The molecule has 6 heteroatoms. The van der Waals surface area contributed by atoms with Crippen molar-refractivity contribution in [3.8, 4) is 12.3 Å². The highest BCUT2D eigenvalue weighted by atomic mass is 16.5. The highest BCUT2D eigenvalue weighted by molar-refractivity contribution is 5.91. The summed E-state index contributed by atoms with van der Waals surface area (Å²) >= 11 is 0. The highest BCUT2D eigenvalue weighted by Gasteiger charge is 2.44. The van der Waals surface area contributed by atoms with Gasteiger partial charge >= 0.3 is 5.97 Å². The molecule has 1 amide bonds. The Morgan fingerprint density at radius 3 is 3.06 bits per heavy atom. The summed E-state index contributed by atoms with van der Waals surface area (Å²) in [6.07, 6.45) is 5.78. The van der Waals surface area contributed by atoms with Crippen LogP contribution in [-0.4, -0.2) is 55.9 Å². The Morgan fingerprint density at radius 2 is 2.39 bits per heavy atom. The Labute approximate surface area is 106 Å². The molecule has 0 aromatic rings. The van der Waals surface area contributed by atoms with Crippen LogP contribution in [-0.2, 0) is 19.1 Å². The van der Waals surface area contributed by atoms with Gasteiger partial charge in [0.1, 0.15) is 12.0 Å². The van der Waals surface area contributed by atoms with Crippen molar-refractivity contribution >= 4 is 11.9 Å². The van der Waals surface area contributed by atoms with E-state index in [2.05, 4.69) is 16.0 Å². The molecule has 2 fully saturated rings. The number of fused-ring (bicyclic) bond motifs is 1. The standard InChI is InChI=1S/C12H16N2O4/c1-3-8-10(12(16)17-2)13-9-4-6-18-7-5-14(9)11(8)15/h1,8-10,13H,4-7H2,2H3. The van der Waals surface area contributed by atoms with Gasteiger partial charge in [0.05, 0.1) is 19.9 Å². The lowest BCUT2D eigenvalue weighted by molar-refractivity contribution is -0.155. The Morgan fingerprint density at radius 1 is 1.61 bits per heavy atom. The quantitative estimate of drug-likeness (QED) is 0.477. The van der Waals surface area contributed by atoms with Crippen LogP contribution in [0.15, 0.2) is 0 Å². The van der Waals surface area contributed by atoms with Gasteiger partial charge in [0.2, 0.25) is 5.91 Å². The summed E-state index contributed by atoms with van der Waals surface area (Å²) in [6, 6.07) is -0.771. The Hall–Kier alpha value is -1.58. The van der Waals surface area contributed by atoms with Gasteiger partial charge in [-0.3, -0.25) is 14.9 Å². The van der Waals surface area contributed by atoms with Crippen LogP contribution in [0.5, 0.6) is 0 Å². The molecule has 2 saturated heterocycles. The molecule has 3 atom stereocenters. The van der Waals surface area contributed by atoms with Crippen molar-refractivity contribution in [2.75, 3.05) is 26.9 Å². The first-order chi connectivity index (χ1) is 8.69. The van der Waals surface area contributed by atoms with Gasteiger partial charge in [-0.25, -0.2) is 0 Å². The average molecular weight is 252 g/mol. The second-order valence-corrected chi connectivity index (χ2v) is 4.26. The molecule has 2 aliphatic rings. The van der Waals surface area contributed by atoms with Crippen LogP contribution in [0.2, 0.25) is 0 Å². The molecule has 0 bridgehead atoms. The second kappa shape index (κ2) is 5.38. The Kier molecular flexibility index (Phi) is 3.84. The number of nitrogens with one attached hydrogen (secondary N) is 1. The maximum absolute atomic E-state index is 12.3. The number of terminal acetylenes is 1. The van der Waals surface area contributed by atoms with Gasteiger partial charge in [-0.2, -0.15) is 0 Å². The molecule has 18 heavy (non-hydrogen) atoms. The highest BCUT2D eigenvalue weighted by Crippen LogP contribution is 2.21. The van der Waals surface area contributed by atoms with E-state index in [0.29, 0.717) is 26.2 Å². The zero-order chi connectivity index (χ0) is 13.1. The summed E-state index contributed by atoms with van der Waals surface area (Å²) in [5.74, 6) is 0.854. The number of amides is 1. The number of hydrogen-bond acceptors (Lipinski definition) is 5. The summed E-state index contributed by atoms with van der Waals surface area (Å²) in [4.78, 5) is 25.6. The molecule has 1 N–H and O–H groups in total. The number of carbonyl (C=O) groups excluding carboxylic acids is 2. The normalized spacial score (nSPS) is 32.1. The van der Waals surface area contributed by atoms with Crippen LogP contribution in [0, 0.1) is 18.3 Å². The van der Waals surface area contributed by atoms with Crippen molar-refractivity contribution in [2.45, 2.75) is 18.6 Å². The van der Waals surface area contributed by atoms with Gasteiger partial charge in [0.15, 0.2) is 0 Å². The first-order valence-electron chi connectivity index (χ1n) is 5.87. The summed E-state index contributed by atoms with van der Waals surface area (Å²) in [5.41, 5.74) is 0. The van der Waals surface area contributed by atoms with Gasteiger partial charge in [-0.15, -0.1) is 6.42 Å². The first kappa shape index (κ1) is 12.9. The summed E-state index contributed by atoms with van der Waals surface area (Å²) in [7, 11) is 1.28. The predicted octanol–water partition coefficient (Wildman–Crippen LogP) is -1.04. The average Bonchev–Trinajstić information content (AvgIpc) is 2.63. The minimum absolute atomic E-state index is 0.206. The van der Waals surface area contributed by atoms with E-state index in [9.17, 15) is 9.59 Å². The zero-order valence-electron chi connectivity index (χ0n) is 10.2. The molecule has 0 aromatic heterocycles. The Balaban J connectivity index is 2.23.